The van der Waals surface area contributed by atoms with Gasteiger partial charge in [0.05, 0.1) is 0 Å². The van der Waals surface area contributed by atoms with Gasteiger partial charge in [0, 0.05) is 35.1 Å². The average Bonchev–Trinajstić information content (AvgIpc) is 2.78. The molecular formula is C17H25N3. The standard InChI is InChI=1S/C17H25N3/c1-12-17(13-7-3-4-8-15(13)19-12)14(11-18)16-9-5-6-10-20(16)2/h3-4,7-8,14,16,19H,5-6,9-11,18H2,1-2H3. The summed E-state index contributed by atoms with van der Waals surface area (Å²) in [6.45, 7) is 4.10. The number of benzene rings is 1. The maximum Gasteiger partial charge on any atom is 0.0458 e. The zero-order chi connectivity index (χ0) is 14.1. The number of fused-ring (bicyclic) bond motifs is 1. The van der Waals surface area contributed by atoms with Crippen LogP contribution in [-0.2, 0) is 0 Å². The summed E-state index contributed by atoms with van der Waals surface area (Å²) in [5, 5.41) is 1.35. The highest BCUT2D eigenvalue weighted by Gasteiger charge is 2.30. The van der Waals surface area contributed by atoms with Gasteiger partial charge in [0.15, 0.2) is 0 Å². The molecule has 3 nitrogen and oxygen atoms in total. The van der Waals surface area contributed by atoms with Gasteiger partial charge in [0.25, 0.3) is 0 Å². The lowest BCUT2D eigenvalue weighted by molar-refractivity contribution is 0.160. The van der Waals surface area contributed by atoms with E-state index in [9.17, 15) is 0 Å². The number of H-pyrrole nitrogens is 1. The molecule has 1 aliphatic rings. The van der Waals surface area contributed by atoms with Crippen LogP contribution < -0.4 is 5.73 Å². The number of aromatic nitrogens is 1. The molecule has 3 rings (SSSR count). The van der Waals surface area contributed by atoms with E-state index < -0.39 is 0 Å². The molecular weight excluding hydrogens is 246 g/mol. The van der Waals surface area contributed by atoms with Crippen molar-refractivity contribution in [2.75, 3.05) is 20.1 Å². The number of para-hydroxylation sites is 1. The minimum absolute atomic E-state index is 0.427. The maximum absolute atomic E-state index is 6.18. The lowest BCUT2D eigenvalue weighted by Crippen LogP contribution is -2.43. The topological polar surface area (TPSA) is 45.1 Å². The highest BCUT2D eigenvalue weighted by atomic mass is 15.1. The molecule has 3 N–H and O–H groups in total. The summed E-state index contributed by atoms with van der Waals surface area (Å²) in [7, 11) is 2.25. The van der Waals surface area contributed by atoms with Crippen molar-refractivity contribution in [2.45, 2.75) is 38.1 Å². The molecule has 1 saturated heterocycles. The van der Waals surface area contributed by atoms with Crippen LogP contribution in [0.25, 0.3) is 10.9 Å². The molecule has 0 saturated carbocycles. The number of likely N-dealkylation sites (tertiary alicyclic amines) is 1. The number of hydrogen-bond acceptors (Lipinski definition) is 2. The summed E-state index contributed by atoms with van der Waals surface area (Å²) in [4.78, 5) is 6.02. The summed E-state index contributed by atoms with van der Waals surface area (Å²) >= 11 is 0. The molecule has 20 heavy (non-hydrogen) atoms. The number of aryl methyl sites for hydroxylation is 1. The molecule has 0 aliphatic carbocycles. The number of nitrogens with one attached hydrogen (secondary N) is 1. The first-order valence-electron chi connectivity index (χ1n) is 7.70. The molecule has 1 aromatic heterocycles. The molecule has 108 valence electrons. The van der Waals surface area contributed by atoms with Crippen molar-refractivity contribution in [2.24, 2.45) is 5.73 Å². The first-order valence-corrected chi connectivity index (χ1v) is 7.70. The maximum atomic E-state index is 6.18. The summed E-state index contributed by atoms with van der Waals surface area (Å²) in [5.74, 6) is 0.427. The first kappa shape index (κ1) is 13.7. The van der Waals surface area contributed by atoms with E-state index in [1.165, 1.54) is 48.0 Å². The smallest absolute Gasteiger partial charge is 0.0458 e. The Balaban J connectivity index is 2.04. The van der Waals surface area contributed by atoms with Crippen LogP contribution in [0.3, 0.4) is 0 Å². The molecule has 0 spiro atoms. The minimum Gasteiger partial charge on any atom is -0.358 e. The first-order chi connectivity index (χ1) is 9.72. The Labute approximate surface area is 121 Å². The quantitative estimate of drug-likeness (QED) is 0.901. The van der Waals surface area contributed by atoms with E-state index in [2.05, 4.69) is 48.1 Å². The van der Waals surface area contributed by atoms with Crippen molar-refractivity contribution in [1.29, 1.82) is 0 Å². The monoisotopic (exact) mass is 271 g/mol. The highest BCUT2D eigenvalue weighted by molar-refractivity contribution is 5.85. The molecule has 1 aliphatic heterocycles. The van der Waals surface area contributed by atoms with Crippen LogP contribution in [0.4, 0.5) is 0 Å². The number of nitrogens with two attached hydrogens (primary N) is 1. The lowest BCUT2D eigenvalue weighted by Gasteiger charge is -2.38. The third kappa shape index (κ3) is 2.25. The van der Waals surface area contributed by atoms with Crippen molar-refractivity contribution in [3.63, 3.8) is 0 Å². The molecule has 2 unspecified atom stereocenters. The second-order valence-electron chi connectivity index (χ2n) is 6.10. The van der Waals surface area contributed by atoms with Gasteiger partial charge in [-0.05, 0) is 45.0 Å². The Morgan fingerprint density at radius 2 is 2.15 bits per heavy atom. The Bertz CT molecular complexity index is 587. The Kier molecular flexibility index (Phi) is 3.81. The van der Waals surface area contributed by atoms with E-state index >= 15 is 0 Å². The van der Waals surface area contributed by atoms with Crippen LogP contribution in [0.2, 0.25) is 0 Å². The Morgan fingerprint density at radius 3 is 2.90 bits per heavy atom. The number of likely N-dealkylation sites (N-methyl/N-ethyl adjacent to an activating group) is 1. The number of piperidine rings is 1. The number of hydrogen-bond donors (Lipinski definition) is 2. The average molecular weight is 271 g/mol. The van der Waals surface area contributed by atoms with Crippen LogP contribution in [0, 0.1) is 6.92 Å². The molecule has 3 heteroatoms. The van der Waals surface area contributed by atoms with Gasteiger partial charge in [-0.3, -0.25) is 0 Å². The predicted molar refractivity (Wildman–Crippen MR) is 85.1 cm³/mol. The lowest BCUT2D eigenvalue weighted by atomic mass is 9.84. The van der Waals surface area contributed by atoms with Crippen LogP contribution >= 0.6 is 0 Å². The minimum atomic E-state index is 0.427. The molecule has 1 fully saturated rings. The zero-order valence-electron chi connectivity index (χ0n) is 12.5. The number of rotatable bonds is 3. The Morgan fingerprint density at radius 1 is 1.35 bits per heavy atom. The fourth-order valence-electron chi connectivity index (χ4n) is 3.85. The van der Waals surface area contributed by atoms with E-state index in [4.69, 9.17) is 5.73 Å². The number of nitrogens with zero attached hydrogens (tertiary/aromatic N) is 1. The van der Waals surface area contributed by atoms with Gasteiger partial charge in [-0.1, -0.05) is 24.6 Å². The van der Waals surface area contributed by atoms with Gasteiger partial charge in [-0.2, -0.15) is 0 Å². The summed E-state index contributed by atoms with van der Waals surface area (Å²) in [6, 6.07) is 9.17. The van der Waals surface area contributed by atoms with Crippen LogP contribution in [0.1, 0.15) is 36.4 Å². The molecule has 0 amide bonds. The van der Waals surface area contributed by atoms with E-state index in [0.717, 1.165) is 6.54 Å². The van der Waals surface area contributed by atoms with Gasteiger partial charge in [0.2, 0.25) is 0 Å². The molecule has 2 heterocycles. The third-order valence-electron chi connectivity index (χ3n) is 4.86. The molecule has 2 aromatic rings. The Hall–Kier alpha value is -1.32. The summed E-state index contributed by atoms with van der Waals surface area (Å²) in [5.41, 5.74) is 10.1. The predicted octanol–water partition coefficient (Wildman–Crippen LogP) is 3.00. The van der Waals surface area contributed by atoms with Gasteiger partial charge in [0.1, 0.15) is 0 Å². The fraction of sp³-hybridized carbons (Fsp3) is 0.529. The van der Waals surface area contributed by atoms with Gasteiger partial charge >= 0.3 is 0 Å². The van der Waals surface area contributed by atoms with Crippen molar-refractivity contribution < 1.29 is 0 Å². The largest absolute Gasteiger partial charge is 0.358 e. The van der Waals surface area contributed by atoms with Gasteiger partial charge in [-0.15, -0.1) is 0 Å². The van der Waals surface area contributed by atoms with Crippen molar-refractivity contribution in [1.82, 2.24) is 9.88 Å². The van der Waals surface area contributed by atoms with Crippen molar-refractivity contribution in [3.8, 4) is 0 Å². The summed E-state index contributed by atoms with van der Waals surface area (Å²) < 4.78 is 0. The zero-order valence-corrected chi connectivity index (χ0v) is 12.5. The van der Waals surface area contributed by atoms with Crippen LogP contribution in [0.5, 0.6) is 0 Å². The SMILES string of the molecule is Cc1[nH]c2ccccc2c1C(CN)C1CCCCN1C. The third-order valence-corrected chi connectivity index (χ3v) is 4.86. The number of aromatic amines is 1. The van der Waals surface area contributed by atoms with Crippen molar-refractivity contribution >= 4 is 10.9 Å². The van der Waals surface area contributed by atoms with Gasteiger partial charge < -0.3 is 15.6 Å². The summed E-state index contributed by atoms with van der Waals surface area (Å²) in [6.07, 6.45) is 3.90. The van der Waals surface area contributed by atoms with Gasteiger partial charge in [-0.25, -0.2) is 0 Å². The second-order valence-corrected chi connectivity index (χ2v) is 6.10. The highest BCUT2D eigenvalue weighted by Crippen LogP contribution is 2.35. The van der Waals surface area contributed by atoms with E-state index in [1.807, 2.05) is 0 Å². The van der Waals surface area contributed by atoms with E-state index in [0.29, 0.717) is 12.0 Å². The van der Waals surface area contributed by atoms with E-state index in [-0.39, 0.29) is 0 Å². The van der Waals surface area contributed by atoms with E-state index in [1.54, 1.807) is 0 Å². The molecule has 0 bridgehead atoms. The molecule has 0 radical (unpaired) electrons. The molecule has 1 aromatic carbocycles. The van der Waals surface area contributed by atoms with Crippen molar-refractivity contribution in [3.05, 3.63) is 35.5 Å². The molecule has 2 atom stereocenters. The normalized spacial score (nSPS) is 22.2. The van der Waals surface area contributed by atoms with Crippen LogP contribution in [0.15, 0.2) is 24.3 Å². The second kappa shape index (κ2) is 5.58. The van der Waals surface area contributed by atoms with Crippen LogP contribution in [-0.4, -0.2) is 36.1 Å². The fourth-order valence-corrected chi connectivity index (χ4v) is 3.85.